The fourth-order valence-electron chi connectivity index (χ4n) is 1.25. The van der Waals surface area contributed by atoms with Crippen molar-refractivity contribution in [3.8, 4) is 0 Å². The second kappa shape index (κ2) is 4.65. The molecule has 1 rings (SSSR count). The van der Waals surface area contributed by atoms with Crippen LogP contribution in [0.4, 0.5) is 0 Å². The van der Waals surface area contributed by atoms with Crippen LogP contribution in [0.1, 0.15) is 6.42 Å². The normalized spacial score (nSPS) is 41.0. The first-order valence-corrected chi connectivity index (χ1v) is 5.82. The molecule has 9 nitrogen and oxygen atoms in total. The van der Waals surface area contributed by atoms with Crippen molar-refractivity contribution in [2.24, 2.45) is 0 Å². The maximum absolute atomic E-state index is 10.5. The van der Waals surface area contributed by atoms with Crippen LogP contribution in [0.25, 0.3) is 0 Å². The van der Waals surface area contributed by atoms with Crippen LogP contribution in [0.15, 0.2) is 0 Å². The van der Waals surface area contributed by atoms with Crippen molar-refractivity contribution in [2.75, 3.05) is 6.61 Å². The fraction of sp³-hybridized carbons (Fsp3) is 1.00. The summed E-state index contributed by atoms with van der Waals surface area (Å²) in [5.41, 5.74) is 0. The summed E-state index contributed by atoms with van der Waals surface area (Å²) in [7, 11) is -4.92. The Bertz CT molecular complexity index is 290. The van der Waals surface area contributed by atoms with Crippen LogP contribution in [0.2, 0.25) is 0 Å². The maximum atomic E-state index is 10.5. The highest BCUT2D eigenvalue weighted by Gasteiger charge is 2.48. The van der Waals surface area contributed by atoms with Gasteiger partial charge in [0.2, 0.25) is 5.79 Å². The molecule has 6 N–H and O–H groups in total. The van der Waals surface area contributed by atoms with E-state index < -0.39 is 45.1 Å². The Kier molecular flexibility index (Phi) is 4.06. The molecule has 0 aromatic heterocycles. The van der Waals surface area contributed by atoms with Crippen molar-refractivity contribution in [2.45, 2.75) is 30.7 Å². The second-order valence-electron chi connectivity index (χ2n) is 3.40. The molecular formula is C6H13O9P. The summed E-state index contributed by atoms with van der Waals surface area (Å²) >= 11 is 0. The summed E-state index contributed by atoms with van der Waals surface area (Å²) < 4.78 is 19.1. The van der Waals surface area contributed by atoms with Crippen LogP contribution in [0, 0.1) is 0 Å². The lowest BCUT2D eigenvalue weighted by Crippen LogP contribution is -2.58. The number of hydrogen-bond donors (Lipinski definition) is 6. The largest absolute Gasteiger partial charge is 0.472 e. The Labute approximate surface area is 90.1 Å². The highest BCUT2D eigenvalue weighted by atomic mass is 31.2. The van der Waals surface area contributed by atoms with Crippen molar-refractivity contribution < 1.29 is 44.0 Å². The van der Waals surface area contributed by atoms with Gasteiger partial charge in [0.05, 0.1) is 6.61 Å². The number of aliphatic hydroxyl groups excluding tert-OH is 3. The van der Waals surface area contributed by atoms with Gasteiger partial charge in [-0.25, -0.2) is 4.57 Å². The molecule has 10 heteroatoms. The third kappa shape index (κ3) is 3.20. The van der Waals surface area contributed by atoms with Crippen LogP contribution in [0.5, 0.6) is 0 Å². The van der Waals surface area contributed by atoms with Gasteiger partial charge in [-0.1, -0.05) is 0 Å². The van der Waals surface area contributed by atoms with E-state index in [9.17, 15) is 19.9 Å². The minimum atomic E-state index is -4.92. The molecule has 1 aliphatic rings. The topological polar surface area (TPSA) is 157 Å². The molecule has 4 atom stereocenters. The predicted molar refractivity (Wildman–Crippen MR) is 46.7 cm³/mol. The summed E-state index contributed by atoms with van der Waals surface area (Å²) in [6, 6.07) is 0. The first-order chi connectivity index (χ1) is 7.18. The number of phosphoric ester groups is 1. The minimum Gasteiger partial charge on any atom is -0.391 e. The highest BCUT2D eigenvalue weighted by molar-refractivity contribution is 7.46. The van der Waals surface area contributed by atoms with Crippen LogP contribution in [-0.2, 0) is 13.8 Å². The molecule has 0 aromatic rings. The molecule has 0 spiro atoms. The van der Waals surface area contributed by atoms with Gasteiger partial charge in [-0.2, -0.15) is 0 Å². The molecule has 1 saturated heterocycles. The fourth-order valence-corrected chi connectivity index (χ4v) is 1.71. The van der Waals surface area contributed by atoms with E-state index in [1.165, 1.54) is 0 Å². The second-order valence-corrected chi connectivity index (χ2v) is 4.60. The van der Waals surface area contributed by atoms with E-state index in [1.807, 2.05) is 0 Å². The van der Waals surface area contributed by atoms with Crippen LogP contribution >= 0.6 is 7.82 Å². The van der Waals surface area contributed by atoms with E-state index in [1.54, 1.807) is 0 Å². The molecule has 0 aromatic carbocycles. The lowest BCUT2D eigenvalue weighted by molar-refractivity contribution is -0.364. The molecule has 16 heavy (non-hydrogen) atoms. The van der Waals surface area contributed by atoms with Gasteiger partial charge in [0.1, 0.15) is 12.2 Å². The molecule has 96 valence electrons. The number of rotatable bonds is 3. The van der Waals surface area contributed by atoms with E-state index in [0.717, 1.165) is 0 Å². The molecule has 2 unspecified atom stereocenters. The molecule has 1 heterocycles. The Morgan fingerprint density at radius 2 is 2.00 bits per heavy atom. The zero-order valence-electron chi connectivity index (χ0n) is 8.00. The Morgan fingerprint density at radius 1 is 1.44 bits per heavy atom. The summed E-state index contributed by atoms with van der Waals surface area (Å²) in [5.74, 6) is -2.42. The number of hydrogen-bond acceptors (Lipinski definition) is 7. The van der Waals surface area contributed by atoms with Gasteiger partial charge >= 0.3 is 7.82 Å². The average molecular weight is 260 g/mol. The highest BCUT2D eigenvalue weighted by Crippen LogP contribution is 2.41. The van der Waals surface area contributed by atoms with Gasteiger partial charge < -0.3 is 34.9 Å². The number of phosphoric acid groups is 1. The Hall–Kier alpha value is -0.0900. The van der Waals surface area contributed by atoms with E-state index in [0.29, 0.717) is 0 Å². The van der Waals surface area contributed by atoms with Crippen molar-refractivity contribution in [1.29, 1.82) is 0 Å². The van der Waals surface area contributed by atoms with Crippen LogP contribution in [0.3, 0.4) is 0 Å². The van der Waals surface area contributed by atoms with Crippen LogP contribution < -0.4 is 0 Å². The molecule has 0 amide bonds. The number of aliphatic hydroxyl groups is 4. The van der Waals surface area contributed by atoms with Crippen LogP contribution in [-0.4, -0.2) is 61.1 Å². The monoisotopic (exact) mass is 260 g/mol. The van der Waals surface area contributed by atoms with E-state index >= 15 is 0 Å². The Morgan fingerprint density at radius 3 is 2.44 bits per heavy atom. The number of ether oxygens (including phenoxy) is 1. The van der Waals surface area contributed by atoms with Gasteiger partial charge in [0.15, 0.2) is 6.29 Å². The molecular weight excluding hydrogens is 247 g/mol. The maximum Gasteiger partial charge on any atom is 0.472 e. The van der Waals surface area contributed by atoms with Gasteiger partial charge in [-0.3, -0.25) is 4.52 Å². The third-order valence-electron chi connectivity index (χ3n) is 2.09. The van der Waals surface area contributed by atoms with Crippen molar-refractivity contribution in [3.05, 3.63) is 0 Å². The Balaban J connectivity index is 2.76. The first-order valence-electron chi connectivity index (χ1n) is 4.29. The van der Waals surface area contributed by atoms with Crippen molar-refractivity contribution >= 4 is 7.82 Å². The van der Waals surface area contributed by atoms with Crippen molar-refractivity contribution in [1.82, 2.24) is 0 Å². The minimum absolute atomic E-state index is 0.457. The smallest absolute Gasteiger partial charge is 0.391 e. The first kappa shape index (κ1) is 14.0. The quantitative estimate of drug-likeness (QED) is 0.296. The third-order valence-corrected chi connectivity index (χ3v) is 2.57. The predicted octanol–water partition coefficient (Wildman–Crippen LogP) is -2.76. The van der Waals surface area contributed by atoms with Gasteiger partial charge in [0, 0.05) is 6.42 Å². The average Bonchev–Trinajstić information content (AvgIpc) is 2.12. The van der Waals surface area contributed by atoms with Gasteiger partial charge in [-0.05, 0) is 0 Å². The summed E-state index contributed by atoms with van der Waals surface area (Å²) in [6.45, 7) is -1.01. The molecule has 0 bridgehead atoms. The molecule has 1 aliphatic heterocycles. The lowest BCUT2D eigenvalue weighted by Gasteiger charge is -2.41. The van der Waals surface area contributed by atoms with Gasteiger partial charge in [-0.15, -0.1) is 0 Å². The summed E-state index contributed by atoms with van der Waals surface area (Å²) in [6.07, 6.45) is -5.41. The van der Waals surface area contributed by atoms with Crippen molar-refractivity contribution in [3.63, 3.8) is 0 Å². The zero-order valence-corrected chi connectivity index (χ0v) is 8.90. The molecule has 0 radical (unpaired) electrons. The summed E-state index contributed by atoms with van der Waals surface area (Å²) in [4.78, 5) is 17.0. The van der Waals surface area contributed by atoms with Gasteiger partial charge in [0.25, 0.3) is 0 Å². The zero-order chi connectivity index (χ0) is 12.6. The molecule has 0 saturated carbocycles. The summed E-state index contributed by atoms with van der Waals surface area (Å²) in [5, 5.41) is 36.8. The van der Waals surface area contributed by atoms with E-state index in [2.05, 4.69) is 9.26 Å². The molecule has 1 fully saturated rings. The standard InChI is InChI=1S/C6H13O9P/c7-2-6(10)4(9)1-3(8)5(14-6)15-16(11,12)13/h3-5,7-10H,1-2H2,(H2,11,12,13)/t3-,4-,5?,6?/m0/s1. The lowest BCUT2D eigenvalue weighted by atomic mass is 10.00. The SMILES string of the molecule is O=P(O)(O)OC1OC(O)(CO)[C@@H](O)C[C@@H]1O. The molecule has 0 aliphatic carbocycles. The van der Waals surface area contributed by atoms with E-state index in [-0.39, 0.29) is 0 Å². The van der Waals surface area contributed by atoms with E-state index in [4.69, 9.17) is 14.9 Å².